The second-order valence-electron chi connectivity index (χ2n) is 11.7. The molecule has 0 aliphatic rings. The zero-order valence-corrected chi connectivity index (χ0v) is 29.6. The average Bonchev–Trinajstić information content (AvgIpc) is 2.64. The Hall–Kier alpha value is 0.0513. The van der Waals surface area contributed by atoms with Crippen molar-refractivity contribution in [1.29, 1.82) is 0 Å². The first-order valence-electron chi connectivity index (χ1n) is 12.5. The van der Waals surface area contributed by atoms with E-state index in [-0.39, 0.29) is 15.8 Å². The van der Waals surface area contributed by atoms with E-state index in [9.17, 15) is 9.50 Å². The van der Waals surface area contributed by atoms with Crippen LogP contribution in [0.1, 0.15) is 25.3 Å². The smallest absolute Gasteiger partial charge is 0.411 e. The molecule has 0 spiro atoms. The van der Waals surface area contributed by atoms with E-state index in [0.717, 1.165) is 17.7 Å². The maximum atomic E-state index is 13.7. The van der Waals surface area contributed by atoms with Gasteiger partial charge in [0.2, 0.25) is 0 Å². The first kappa shape index (κ1) is 33.1. The van der Waals surface area contributed by atoms with E-state index < -0.39 is 48.1 Å². The van der Waals surface area contributed by atoms with Gasteiger partial charge >= 0.3 is 35.7 Å². The minimum atomic E-state index is -2.51. The Morgan fingerprint density at radius 1 is 0.771 bits per heavy atom. The van der Waals surface area contributed by atoms with Crippen molar-refractivity contribution < 1.29 is 30.1 Å². The van der Waals surface area contributed by atoms with Crippen LogP contribution >= 0.6 is 0 Å². The van der Waals surface area contributed by atoms with Gasteiger partial charge in [-0.2, -0.15) is 0 Å². The number of phenolic OH excluding ortho intramolecular Hbond substituents is 1. The summed E-state index contributed by atoms with van der Waals surface area (Å²) in [5, 5.41) is 9.41. The predicted octanol–water partition coefficient (Wildman–Crippen LogP) is 7.01. The van der Waals surface area contributed by atoms with E-state index in [1.54, 1.807) is 6.07 Å². The summed E-state index contributed by atoms with van der Waals surface area (Å²) < 4.78 is 45.7. The largest absolute Gasteiger partial charge is 0.505 e. The van der Waals surface area contributed by atoms with Crippen LogP contribution in [0.4, 0.5) is 4.39 Å². The van der Waals surface area contributed by atoms with Crippen LogP contribution in [0.3, 0.4) is 0 Å². The Kier molecular flexibility index (Phi) is 12.5. The molecule has 2 radical (unpaired) electrons. The van der Waals surface area contributed by atoms with Crippen LogP contribution in [0.5, 0.6) is 5.75 Å². The molecular formula is C22H47FO6Si6. The molecule has 0 saturated carbocycles. The first-order chi connectivity index (χ1) is 15.8. The van der Waals surface area contributed by atoms with Crippen LogP contribution in [0.25, 0.3) is 0 Å². The Morgan fingerprint density at radius 2 is 1.34 bits per heavy atom. The van der Waals surface area contributed by atoms with Crippen molar-refractivity contribution in [3.05, 3.63) is 29.6 Å². The molecule has 0 aromatic heterocycles. The summed E-state index contributed by atoms with van der Waals surface area (Å²) in [5.41, 5.74) is 0.858. The molecule has 0 atom stereocenters. The minimum absolute atomic E-state index is 0.00526. The molecule has 6 nitrogen and oxygen atoms in total. The van der Waals surface area contributed by atoms with Crippen LogP contribution in [0, 0.1) is 5.82 Å². The van der Waals surface area contributed by atoms with Gasteiger partial charge in [0.1, 0.15) is 0 Å². The van der Waals surface area contributed by atoms with Crippen molar-refractivity contribution >= 4 is 52.3 Å². The van der Waals surface area contributed by atoms with Crippen LogP contribution < -0.4 is 0 Å². The average molecular weight is 595 g/mol. The lowest BCUT2D eigenvalue weighted by Gasteiger charge is -2.40. The third-order valence-electron chi connectivity index (χ3n) is 5.27. The van der Waals surface area contributed by atoms with Gasteiger partial charge in [-0.1, -0.05) is 25.8 Å². The SMILES string of the molecule is CCCC[Si](C)(C)O[Si]O[Si](C)(C)O[Si](C)(C)O[Si](C)(C)O[Si](C)(C)CCc1ccc(O)c(F)c1. The summed E-state index contributed by atoms with van der Waals surface area (Å²) in [7, 11) is -11.2. The van der Waals surface area contributed by atoms with E-state index in [2.05, 4.69) is 59.3 Å². The molecule has 0 aliphatic carbocycles. The second kappa shape index (κ2) is 13.2. The number of halogens is 1. The van der Waals surface area contributed by atoms with Crippen molar-refractivity contribution in [3.63, 3.8) is 0 Å². The highest BCUT2D eigenvalue weighted by molar-refractivity contribution is 6.89. The van der Waals surface area contributed by atoms with E-state index >= 15 is 0 Å². The van der Waals surface area contributed by atoms with Crippen molar-refractivity contribution in [2.24, 2.45) is 0 Å². The van der Waals surface area contributed by atoms with Crippen LogP contribution in [0.15, 0.2) is 18.2 Å². The van der Waals surface area contributed by atoms with Gasteiger partial charge in [-0.3, -0.25) is 0 Å². The number of aromatic hydroxyl groups is 1. The van der Waals surface area contributed by atoms with Crippen molar-refractivity contribution in [3.8, 4) is 5.75 Å². The summed E-state index contributed by atoms with van der Waals surface area (Å²) in [4.78, 5) is 0. The molecule has 202 valence electrons. The molecular weight excluding hydrogens is 548 g/mol. The van der Waals surface area contributed by atoms with E-state index in [1.807, 2.05) is 13.1 Å². The fourth-order valence-electron chi connectivity index (χ4n) is 4.00. The summed E-state index contributed by atoms with van der Waals surface area (Å²) in [5.74, 6) is -0.904. The lowest BCUT2D eigenvalue weighted by atomic mass is 10.1. The number of phenols is 1. The molecule has 0 aliphatic heterocycles. The number of rotatable bonds is 16. The minimum Gasteiger partial charge on any atom is -0.505 e. The predicted molar refractivity (Wildman–Crippen MR) is 155 cm³/mol. The van der Waals surface area contributed by atoms with Gasteiger partial charge in [-0.15, -0.1) is 0 Å². The Labute approximate surface area is 221 Å². The summed E-state index contributed by atoms with van der Waals surface area (Å²) in [6.07, 6.45) is 3.08. The third kappa shape index (κ3) is 14.0. The standard InChI is InChI=1S/C22H47FO6Si6/c1-12-13-17-31(2,3)25-30-26-33(6,7)28-35(10,11)29-34(8,9)27-32(4,5)18-16-20-14-15-22(24)21(23)19-20/h14-15,19,24H,12-13,16-18H2,1-11H3. The molecule has 0 fully saturated rings. The van der Waals surface area contributed by atoms with Gasteiger partial charge in [-0.05, 0) is 102 Å². The highest BCUT2D eigenvalue weighted by atomic mass is 28.5. The molecule has 1 rings (SSSR count). The van der Waals surface area contributed by atoms with Gasteiger partial charge in [0.15, 0.2) is 28.2 Å². The lowest BCUT2D eigenvalue weighted by molar-refractivity contribution is 0.294. The van der Waals surface area contributed by atoms with Crippen molar-refractivity contribution in [2.75, 3.05) is 0 Å². The summed E-state index contributed by atoms with van der Waals surface area (Å²) in [6.45, 7) is 23.4. The van der Waals surface area contributed by atoms with E-state index in [4.69, 9.17) is 20.6 Å². The topological polar surface area (TPSA) is 66.4 Å². The van der Waals surface area contributed by atoms with Crippen molar-refractivity contribution in [1.82, 2.24) is 0 Å². The molecule has 1 N–H and O–H groups in total. The Bertz CT molecular complexity index is 807. The van der Waals surface area contributed by atoms with Gasteiger partial charge < -0.3 is 25.7 Å². The Balaban J connectivity index is 2.63. The monoisotopic (exact) mass is 594 g/mol. The quantitative estimate of drug-likeness (QED) is 0.208. The molecule has 0 saturated heterocycles. The van der Waals surface area contributed by atoms with Crippen molar-refractivity contribution in [2.45, 2.75) is 104 Å². The van der Waals surface area contributed by atoms with E-state index in [1.165, 1.54) is 25.0 Å². The summed E-state index contributed by atoms with van der Waals surface area (Å²) >= 11 is 0. The molecule has 35 heavy (non-hydrogen) atoms. The highest BCUT2D eigenvalue weighted by Gasteiger charge is 2.44. The normalized spacial score (nSPS) is 13.9. The lowest BCUT2D eigenvalue weighted by Crippen LogP contribution is -2.57. The third-order valence-corrected chi connectivity index (χ3v) is 25.2. The second-order valence-corrected chi connectivity index (χ2v) is 32.4. The molecule has 0 amide bonds. The van der Waals surface area contributed by atoms with Crippen LogP contribution in [-0.2, 0) is 27.0 Å². The molecule has 0 bridgehead atoms. The number of unbranched alkanes of at least 4 members (excludes halogenated alkanes) is 1. The molecule has 1 aromatic carbocycles. The molecule has 1 aromatic rings. The highest BCUT2D eigenvalue weighted by Crippen LogP contribution is 2.27. The Morgan fingerprint density at radius 3 is 1.91 bits per heavy atom. The zero-order valence-electron chi connectivity index (χ0n) is 23.6. The maximum Gasteiger partial charge on any atom is 0.411 e. The van der Waals surface area contributed by atoms with Crippen LogP contribution in [-0.4, -0.2) is 57.4 Å². The number of hydrogen-bond donors (Lipinski definition) is 1. The van der Waals surface area contributed by atoms with Crippen LogP contribution in [0.2, 0.25) is 77.6 Å². The summed E-state index contributed by atoms with van der Waals surface area (Å²) in [6, 6.07) is 6.54. The first-order valence-corrected chi connectivity index (χ1v) is 28.0. The van der Waals surface area contributed by atoms with Gasteiger partial charge in [-0.25, -0.2) is 4.39 Å². The molecule has 0 heterocycles. The van der Waals surface area contributed by atoms with Gasteiger partial charge in [0.05, 0.1) is 0 Å². The number of hydrogen-bond acceptors (Lipinski definition) is 6. The molecule has 13 heteroatoms. The van der Waals surface area contributed by atoms with Gasteiger partial charge in [0.25, 0.3) is 0 Å². The zero-order chi connectivity index (χ0) is 27.1. The van der Waals surface area contributed by atoms with Gasteiger partial charge in [0, 0.05) is 0 Å². The fourth-order valence-corrected chi connectivity index (χ4v) is 25.6. The maximum absolute atomic E-state index is 13.7. The van der Waals surface area contributed by atoms with E-state index in [0.29, 0.717) is 6.42 Å². The molecule has 0 unspecified atom stereocenters. The number of benzene rings is 1. The number of aryl methyl sites for hydroxylation is 1. The fraction of sp³-hybridized carbons (Fsp3) is 0.727.